The molecular weight excluding hydrogens is 357 g/mol. The smallest absolute Gasteiger partial charge is 0.246 e. The molecule has 0 spiro atoms. The van der Waals surface area contributed by atoms with Crippen molar-refractivity contribution >= 4 is 41.5 Å². The summed E-state index contributed by atoms with van der Waals surface area (Å²) in [5, 5.41) is 2.69. The number of hydrogen-bond donors (Lipinski definition) is 2. The van der Waals surface area contributed by atoms with Gasteiger partial charge < -0.3 is 16.0 Å². The maximum Gasteiger partial charge on any atom is 0.246 e. The van der Waals surface area contributed by atoms with Crippen LogP contribution in [0.2, 0.25) is 0 Å². The lowest BCUT2D eigenvalue weighted by atomic mass is 10.4. The summed E-state index contributed by atoms with van der Waals surface area (Å²) < 4.78 is 0. The summed E-state index contributed by atoms with van der Waals surface area (Å²) >= 11 is 0. The Morgan fingerprint density at radius 2 is 2.16 bits per heavy atom. The number of nitrogens with zero attached hydrogens (tertiary/aromatic N) is 3. The van der Waals surface area contributed by atoms with Gasteiger partial charge in [0.15, 0.2) is 5.96 Å². The second kappa shape index (κ2) is 9.54. The number of aliphatic imine (C=N–C) groups is 1. The summed E-state index contributed by atoms with van der Waals surface area (Å²) in [5.41, 5.74) is 6.42. The van der Waals surface area contributed by atoms with E-state index in [9.17, 15) is 4.79 Å². The van der Waals surface area contributed by atoms with Gasteiger partial charge in [-0.3, -0.25) is 9.78 Å². The predicted molar refractivity (Wildman–Crippen MR) is 87.7 cm³/mol. The minimum atomic E-state index is -0.210. The Kier molecular flexibility index (Phi) is 8.84. The molecule has 1 rings (SSSR count). The molecule has 6 nitrogen and oxygen atoms in total. The monoisotopic (exact) mass is 377 g/mol. The van der Waals surface area contributed by atoms with Crippen LogP contribution in [0.5, 0.6) is 0 Å². The van der Waals surface area contributed by atoms with E-state index >= 15 is 0 Å². The number of nitrogens with one attached hydrogen (secondary N) is 1. The van der Waals surface area contributed by atoms with Crippen molar-refractivity contribution in [1.82, 2.24) is 9.88 Å². The molecule has 0 aliphatic heterocycles. The second-order valence-corrected chi connectivity index (χ2v) is 3.64. The highest BCUT2D eigenvalue weighted by atomic mass is 127. The number of carbonyl (C=O) groups is 1. The number of aromatic nitrogens is 1. The van der Waals surface area contributed by atoms with E-state index in [1.807, 2.05) is 18.7 Å². The van der Waals surface area contributed by atoms with Crippen molar-refractivity contribution in [2.45, 2.75) is 13.8 Å². The van der Waals surface area contributed by atoms with Gasteiger partial charge in [-0.1, -0.05) is 0 Å². The van der Waals surface area contributed by atoms with E-state index in [-0.39, 0.29) is 36.4 Å². The summed E-state index contributed by atoms with van der Waals surface area (Å²) in [6, 6.07) is 3.52. The van der Waals surface area contributed by atoms with Crippen LogP contribution in [-0.2, 0) is 4.79 Å². The summed E-state index contributed by atoms with van der Waals surface area (Å²) in [4.78, 5) is 21.4. The first-order valence-electron chi connectivity index (χ1n) is 5.92. The molecule has 1 aromatic heterocycles. The number of carbonyl (C=O) groups excluding carboxylic acids is 1. The lowest BCUT2D eigenvalue weighted by Gasteiger charge is -2.19. The van der Waals surface area contributed by atoms with E-state index in [1.165, 1.54) is 0 Å². The Balaban J connectivity index is 0.00000324. The van der Waals surface area contributed by atoms with Crippen LogP contribution in [0.15, 0.2) is 29.5 Å². The zero-order chi connectivity index (χ0) is 13.4. The molecule has 3 N–H and O–H groups in total. The molecule has 1 heterocycles. The normalized spacial score (nSPS) is 10.5. The van der Waals surface area contributed by atoms with Crippen molar-refractivity contribution in [3.05, 3.63) is 24.5 Å². The van der Waals surface area contributed by atoms with Crippen molar-refractivity contribution in [3.63, 3.8) is 0 Å². The lowest BCUT2D eigenvalue weighted by Crippen LogP contribution is -2.37. The Bertz CT molecular complexity index is 406. The number of amides is 1. The molecule has 0 atom stereocenters. The first-order chi connectivity index (χ1) is 8.67. The van der Waals surface area contributed by atoms with Crippen molar-refractivity contribution in [2.24, 2.45) is 10.7 Å². The molecule has 7 heteroatoms. The Hall–Kier alpha value is -1.38. The number of rotatable bonds is 5. The van der Waals surface area contributed by atoms with Crippen LogP contribution in [-0.4, -0.2) is 41.4 Å². The van der Waals surface area contributed by atoms with E-state index < -0.39 is 0 Å². The van der Waals surface area contributed by atoms with Gasteiger partial charge in [0, 0.05) is 19.3 Å². The SMILES string of the molecule is CCN(CC)C(N)=NCC(=O)Nc1cccnc1.I. The third kappa shape index (κ3) is 6.37. The van der Waals surface area contributed by atoms with E-state index in [1.54, 1.807) is 24.5 Å². The topological polar surface area (TPSA) is 83.6 Å². The molecule has 1 aromatic rings. The molecule has 0 fully saturated rings. The molecular formula is C12H20IN5O. The van der Waals surface area contributed by atoms with Gasteiger partial charge in [-0.25, -0.2) is 4.99 Å². The van der Waals surface area contributed by atoms with Gasteiger partial charge in [-0.15, -0.1) is 24.0 Å². The maximum atomic E-state index is 11.6. The minimum Gasteiger partial charge on any atom is -0.370 e. The number of anilines is 1. The predicted octanol–water partition coefficient (Wildman–Crippen LogP) is 1.29. The Labute approximate surface area is 130 Å². The summed E-state index contributed by atoms with van der Waals surface area (Å²) in [6.45, 7) is 5.53. The zero-order valence-corrected chi connectivity index (χ0v) is 13.5. The second-order valence-electron chi connectivity index (χ2n) is 3.64. The average molecular weight is 377 g/mol. The molecule has 19 heavy (non-hydrogen) atoms. The van der Waals surface area contributed by atoms with Crippen molar-refractivity contribution < 1.29 is 4.79 Å². The Morgan fingerprint density at radius 3 is 2.68 bits per heavy atom. The van der Waals surface area contributed by atoms with Crippen LogP contribution in [0.4, 0.5) is 5.69 Å². The summed E-state index contributed by atoms with van der Waals surface area (Å²) in [5.74, 6) is 0.180. The highest BCUT2D eigenvalue weighted by molar-refractivity contribution is 14.0. The van der Waals surface area contributed by atoms with Crippen LogP contribution < -0.4 is 11.1 Å². The highest BCUT2D eigenvalue weighted by Crippen LogP contribution is 2.01. The van der Waals surface area contributed by atoms with Crippen LogP contribution in [0, 0.1) is 0 Å². The lowest BCUT2D eigenvalue weighted by molar-refractivity contribution is -0.114. The van der Waals surface area contributed by atoms with Gasteiger partial charge in [0.2, 0.25) is 5.91 Å². The molecule has 106 valence electrons. The first-order valence-corrected chi connectivity index (χ1v) is 5.92. The molecule has 0 unspecified atom stereocenters. The number of guanidine groups is 1. The van der Waals surface area contributed by atoms with E-state index in [0.717, 1.165) is 13.1 Å². The minimum absolute atomic E-state index is 0. The van der Waals surface area contributed by atoms with Crippen LogP contribution in [0.3, 0.4) is 0 Å². The van der Waals surface area contributed by atoms with Crippen LogP contribution >= 0.6 is 24.0 Å². The van der Waals surface area contributed by atoms with Crippen molar-refractivity contribution in [2.75, 3.05) is 25.0 Å². The fourth-order valence-electron chi connectivity index (χ4n) is 1.44. The van der Waals surface area contributed by atoms with Gasteiger partial charge in [0.25, 0.3) is 0 Å². The van der Waals surface area contributed by atoms with Gasteiger partial charge in [0.05, 0.1) is 11.9 Å². The molecule has 0 bridgehead atoms. The van der Waals surface area contributed by atoms with Gasteiger partial charge in [0.1, 0.15) is 6.54 Å². The fourth-order valence-corrected chi connectivity index (χ4v) is 1.44. The van der Waals surface area contributed by atoms with Crippen molar-refractivity contribution in [1.29, 1.82) is 0 Å². The maximum absolute atomic E-state index is 11.6. The van der Waals surface area contributed by atoms with Crippen molar-refractivity contribution in [3.8, 4) is 0 Å². The largest absolute Gasteiger partial charge is 0.370 e. The van der Waals surface area contributed by atoms with Crippen LogP contribution in [0.1, 0.15) is 13.8 Å². The standard InChI is InChI=1S/C12H19N5O.HI/c1-3-17(4-2)12(13)15-9-11(18)16-10-6-5-7-14-8-10;/h5-8H,3-4,9H2,1-2H3,(H2,13,15)(H,16,18);1H. The van der Waals surface area contributed by atoms with Gasteiger partial charge in [-0.2, -0.15) is 0 Å². The summed E-state index contributed by atoms with van der Waals surface area (Å²) in [7, 11) is 0. The molecule has 0 radical (unpaired) electrons. The molecule has 0 aliphatic carbocycles. The molecule has 0 aromatic carbocycles. The quantitative estimate of drug-likeness (QED) is 0.460. The van der Waals surface area contributed by atoms with Gasteiger partial charge >= 0.3 is 0 Å². The number of nitrogens with two attached hydrogens (primary N) is 1. The number of hydrogen-bond acceptors (Lipinski definition) is 3. The fraction of sp³-hybridized carbons (Fsp3) is 0.417. The average Bonchev–Trinajstić information content (AvgIpc) is 2.39. The molecule has 1 amide bonds. The third-order valence-electron chi connectivity index (χ3n) is 2.42. The van der Waals surface area contributed by atoms with E-state index in [0.29, 0.717) is 11.6 Å². The third-order valence-corrected chi connectivity index (χ3v) is 2.42. The Morgan fingerprint density at radius 1 is 1.47 bits per heavy atom. The zero-order valence-electron chi connectivity index (χ0n) is 11.2. The van der Waals surface area contributed by atoms with E-state index in [2.05, 4.69) is 15.3 Å². The molecule has 0 aliphatic rings. The number of pyridine rings is 1. The summed E-state index contributed by atoms with van der Waals surface area (Å²) in [6.07, 6.45) is 3.22. The molecule has 0 saturated carbocycles. The first kappa shape index (κ1) is 17.6. The van der Waals surface area contributed by atoms with Crippen LogP contribution in [0.25, 0.3) is 0 Å². The van der Waals surface area contributed by atoms with E-state index in [4.69, 9.17) is 5.73 Å². The van der Waals surface area contributed by atoms with Gasteiger partial charge in [-0.05, 0) is 26.0 Å². The molecule has 0 saturated heterocycles. The highest BCUT2D eigenvalue weighted by Gasteiger charge is 2.04. The number of halogens is 1.